The predicted octanol–water partition coefficient (Wildman–Crippen LogP) is 1.25. The van der Waals surface area contributed by atoms with Crippen molar-refractivity contribution >= 4 is 28.8 Å². The summed E-state index contributed by atoms with van der Waals surface area (Å²) in [5.74, 6) is -0.233. The summed E-state index contributed by atoms with van der Waals surface area (Å²) in [6, 6.07) is -0.120. The molecule has 15 heavy (non-hydrogen) atoms. The molecule has 0 bridgehead atoms. The summed E-state index contributed by atoms with van der Waals surface area (Å²) >= 11 is 7.19. The number of carbonyl (C=O) groups is 1. The number of nitrogens with two attached hydrogens (primary N) is 1. The van der Waals surface area contributed by atoms with E-state index in [1.165, 1.54) is 11.3 Å². The maximum atomic E-state index is 11.1. The quantitative estimate of drug-likeness (QED) is 0.872. The lowest BCUT2D eigenvalue weighted by Gasteiger charge is -2.20. The van der Waals surface area contributed by atoms with Gasteiger partial charge in [0.2, 0.25) is 5.91 Å². The van der Waals surface area contributed by atoms with Crippen molar-refractivity contribution in [2.75, 3.05) is 6.54 Å². The van der Waals surface area contributed by atoms with Gasteiger partial charge in [-0.3, -0.25) is 9.69 Å². The number of amides is 1. The Bertz CT molecular complexity index is 368. The fraction of sp³-hybridized carbons (Fsp3) is 0.556. The van der Waals surface area contributed by atoms with Crippen molar-refractivity contribution in [3.8, 4) is 0 Å². The summed E-state index contributed by atoms with van der Waals surface area (Å²) in [5, 5.41) is 0. The number of thiazole rings is 1. The van der Waals surface area contributed by atoms with Crippen LogP contribution in [0, 0.1) is 0 Å². The van der Waals surface area contributed by atoms with E-state index < -0.39 is 0 Å². The molecule has 0 saturated carbocycles. The molecule has 1 aliphatic heterocycles. The Kier molecular flexibility index (Phi) is 3.23. The molecular formula is C9H12ClN3OS. The average Bonchev–Trinajstić information content (AvgIpc) is 2.75. The molecule has 82 valence electrons. The van der Waals surface area contributed by atoms with Crippen molar-refractivity contribution < 1.29 is 4.79 Å². The molecule has 1 aromatic rings. The first-order valence-corrected chi connectivity index (χ1v) is 6.00. The minimum absolute atomic E-state index is 0.120. The number of hydrogen-bond acceptors (Lipinski definition) is 4. The van der Waals surface area contributed by atoms with Crippen molar-refractivity contribution in [2.24, 2.45) is 5.73 Å². The van der Waals surface area contributed by atoms with Gasteiger partial charge in [0, 0.05) is 17.6 Å². The predicted molar refractivity (Wildman–Crippen MR) is 59.8 cm³/mol. The molecule has 1 aromatic heterocycles. The van der Waals surface area contributed by atoms with Crippen LogP contribution in [-0.4, -0.2) is 28.4 Å². The Morgan fingerprint density at radius 2 is 2.60 bits per heavy atom. The first kappa shape index (κ1) is 10.9. The zero-order valence-corrected chi connectivity index (χ0v) is 9.72. The molecule has 1 aliphatic rings. The van der Waals surface area contributed by atoms with Crippen LogP contribution >= 0.6 is 22.9 Å². The summed E-state index contributed by atoms with van der Waals surface area (Å²) in [5.41, 5.74) is 5.33. The van der Waals surface area contributed by atoms with Crippen LogP contribution in [-0.2, 0) is 11.3 Å². The summed E-state index contributed by atoms with van der Waals surface area (Å²) in [7, 11) is 0. The number of aromatic nitrogens is 1. The average molecular weight is 246 g/mol. The molecule has 2 rings (SSSR count). The lowest BCUT2D eigenvalue weighted by Crippen LogP contribution is -2.39. The van der Waals surface area contributed by atoms with E-state index in [-0.39, 0.29) is 11.9 Å². The van der Waals surface area contributed by atoms with E-state index in [0.717, 1.165) is 30.8 Å². The van der Waals surface area contributed by atoms with Crippen LogP contribution < -0.4 is 5.73 Å². The molecule has 1 fully saturated rings. The van der Waals surface area contributed by atoms with Crippen molar-refractivity contribution in [3.63, 3.8) is 0 Å². The van der Waals surface area contributed by atoms with Gasteiger partial charge >= 0.3 is 0 Å². The second-order valence-electron chi connectivity index (χ2n) is 3.61. The Balaban J connectivity index is 2.02. The fourth-order valence-electron chi connectivity index (χ4n) is 1.89. The summed E-state index contributed by atoms with van der Waals surface area (Å²) in [6.07, 6.45) is 3.64. The van der Waals surface area contributed by atoms with Crippen molar-refractivity contribution in [1.29, 1.82) is 0 Å². The Labute approximate surface area is 97.0 Å². The van der Waals surface area contributed by atoms with Crippen LogP contribution in [0.1, 0.15) is 17.7 Å². The van der Waals surface area contributed by atoms with E-state index >= 15 is 0 Å². The van der Waals surface area contributed by atoms with Gasteiger partial charge < -0.3 is 5.73 Å². The maximum Gasteiger partial charge on any atom is 0.234 e. The second-order valence-corrected chi connectivity index (χ2v) is 5.31. The summed E-state index contributed by atoms with van der Waals surface area (Å²) in [4.78, 5) is 18.3. The third-order valence-corrected chi connectivity index (χ3v) is 3.68. The third kappa shape index (κ3) is 2.48. The largest absolute Gasteiger partial charge is 0.368 e. The van der Waals surface area contributed by atoms with Crippen molar-refractivity contribution in [1.82, 2.24) is 9.88 Å². The first-order valence-electron chi connectivity index (χ1n) is 4.80. The fourth-order valence-corrected chi connectivity index (χ4v) is 2.90. The van der Waals surface area contributed by atoms with Crippen LogP contribution in [0.15, 0.2) is 6.20 Å². The van der Waals surface area contributed by atoms with Gasteiger partial charge in [-0.25, -0.2) is 4.98 Å². The van der Waals surface area contributed by atoms with Gasteiger partial charge in [-0.05, 0) is 19.4 Å². The minimum atomic E-state index is -0.233. The highest BCUT2D eigenvalue weighted by Crippen LogP contribution is 2.24. The highest BCUT2D eigenvalue weighted by molar-refractivity contribution is 7.15. The SMILES string of the molecule is NC(=O)C1CCCN1Cc1cnc(Cl)s1. The molecule has 4 nitrogen and oxygen atoms in total. The number of rotatable bonds is 3. The molecule has 2 N–H and O–H groups in total. The van der Waals surface area contributed by atoms with Crippen molar-refractivity contribution in [2.45, 2.75) is 25.4 Å². The summed E-state index contributed by atoms with van der Waals surface area (Å²) < 4.78 is 0.542. The zero-order valence-electron chi connectivity index (χ0n) is 8.15. The zero-order chi connectivity index (χ0) is 10.8. The molecular weight excluding hydrogens is 234 g/mol. The molecule has 0 aromatic carbocycles. The van der Waals surface area contributed by atoms with E-state index in [1.54, 1.807) is 6.20 Å². The van der Waals surface area contributed by atoms with Crippen molar-refractivity contribution in [3.05, 3.63) is 15.5 Å². The molecule has 6 heteroatoms. The topological polar surface area (TPSA) is 59.2 Å². The monoisotopic (exact) mass is 245 g/mol. The molecule has 1 saturated heterocycles. The number of likely N-dealkylation sites (tertiary alicyclic amines) is 1. The van der Waals surface area contributed by atoms with Gasteiger partial charge in [0.25, 0.3) is 0 Å². The molecule has 1 amide bonds. The number of halogens is 1. The standard InChI is InChI=1S/C9H12ClN3OS/c10-9-12-4-6(15-9)5-13-3-1-2-7(13)8(11)14/h4,7H,1-3,5H2,(H2,11,14). The Hall–Kier alpha value is -0.650. The minimum Gasteiger partial charge on any atom is -0.368 e. The van der Waals surface area contributed by atoms with Gasteiger partial charge in [0.05, 0.1) is 6.04 Å². The number of primary amides is 1. The molecule has 0 aliphatic carbocycles. The van der Waals surface area contributed by atoms with Crippen LogP contribution in [0.4, 0.5) is 0 Å². The molecule has 0 spiro atoms. The second kappa shape index (κ2) is 4.47. The van der Waals surface area contributed by atoms with Crippen LogP contribution in [0.2, 0.25) is 4.47 Å². The summed E-state index contributed by atoms with van der Waals surface area (Å²) in [6.45, 7) is 1.64. The smallest absolute Gasteiger partial charge is 0.234 e. The van der Waals surface area contributed by atoms with Gasteiger partial charge in [-0.1, -0.05) is 11.6 Å². The third-order valence-electron chi connectivity index (χ3n) is 2.58. The normalized spacial score (nSPS) is 22.1. The lowest BCUT2D eigenvalue weighted by atomic mass is 10.2. The van der Waals surface area contributed by atoms with Gasteiger partial charge in [0.1, 0.15) is 0 Å². The van der Waals surface area contributed by atoms with Gasteiger partial charge in [-0.15, -0.1) is 11.3 Å². The molecule has 1 unspecified atom stereocenters. The van der Waals surface area contributed by atoms with Gasteiger partial charge in [0.15, 0.2) is 4.47 Å². The van der Waals surface area contributed by atoms with E-state index in [2.05, 4.69) is 9.88 Å². The molecule has 2 heterocycles. The van der Waals surface area contributed by atoms with Crippen LogP contribution in [0.5, 0.6) is 0 Å². The van der Waals surface area contributed by atoms with Gasteiger partial charge in [-0.2, -0.15) is 0 Å². The Morgan fingerprint density at radius 1 is 1.80 bits per heavy atom. The molecule has 1 atom stereocenters. The lowest BCUT2D eigenvalue weighted by molar-refractivity contribution is -0.122. The molecule has 0 radical (unpaired) electrons. The highest BCUT2D eigenvalue weighted by Gasteiger charge is 2.29. The van der Waals surface area contributed by atoms with E-state index in [4.69, 9.17) is 17.3 Å². The number of nitrogens with zero attached hydrogens (tertiary/aromatic N) is 2. The number of hydrogen-bond donors (Lipinski definition) is 1. The van der Waals surface area contributed by atoms with E-state index in [9.17, 15) is 4.79 Å². The Morgan fingerprint density at radius 3 is 3.20 bits per heavy atom. The van der Waals surface area contributed by atoms with E-state index in [0.29, 0.717) is 4.47 Å². The highest BCUT2D eigenvalue weighted by atomic mass is 35.5. The van der Waals surface area contributed by atoms with Crippen LogP contribution in [0.25, 0.3) is 0 Å². The first-order chi connectivity index (χ1) is 7.16. The van der Waals surface area contributed by atoms with E-state index in [1.807, 2.05) is 0 Å². The number of carbonyl (C=O) groups excluding carboxylic acids is 1. The van der Waals surface area contributed by atoms with Crippen LogP contribution in [0.3, 0.4) is 0 Å². The maximum absolute atomic E-state index is 11.1.